The van der Waals surface area contributed by atoms with Gasteiger partial charge in [-0.25, -0.2) is 0 Å². The van der Waals surface area contributed by atoms with Gasteiger partial charge in [0, 0.05) is 0 Å². The summed E-state index contributed by atoms with van der Waals surface area (Å²) in [5, 5.41) is 0. The van der Waals surface area contributed by atoms with E-state index in [0.717, 1.165) is 0 Å². The maximum atomic E-state index is 13.9. The van der Waals surface area contributed by atoms with Crippen LogP contribution in [-0.4, -0.2) is 18.3 Å². The summed E-state index contributed by atoms with van der Waals surface area (Å²) >= 11 is 0. The fraction of sp³-hybridized carbons (Fsp3) is 1.00. The zero-order valence-corrected chi connectivity index (χ0v) is 14.2. The van der Waals surface area contributed by atoms with Crippen molar-refractivity contribution in [1.29, 1.82) is 0 Å². The molecule has 0 amide bonds. The first-order valence-corrected chi connectivity index (χ1v) is 8.03. The molecule has 0 aliphatic heterocycles. The van der Waals surface area contributed by atoms with E-state index in [4.69, 9.17) is 0 Å². The minimum Gasteiger partial charge on any atom is -0.195 e. The normalized spacial score (nSPS) is 27.0. The first kappa shape index (κ1) is 21.5. The topological polar surface area (TPSA) is 0 Å². The zero-order chi connectivity index (χ0) is 19.2. The molecule has 3 atom stereocenters. The summed E-state index contributed by atoms with van der Waals surface area (Å²) in [6.45, 7) is 5.49. The molecule has 0 N–H and O–H groups in total. The molecular weight excluding hydrogens is 344 g/mol. The van der Waals surface area contributed by atoms with Crippen LogP contribution in [-0.2, 0) is 0 Å². The second-order valence-electron chi connectivity index (χ2n) is 7.67. The fourth-order valence-corrected chi connectivity index (χ4v) is 3.67. The molecule has 8 heteroatoms. The summed E-state index contributed by atoms with van der Waals surface area (Å²) in [4.78, 5) is 0. The molecule has 0 radical (unpaired) electrons. The Kier molecular flexibility index (Phi) is 5.65. The summed E-state index contributed by atoms with van der Waals surface area (Å²) in [5.74, 6) is -7.91. The smallest absolute Gasteiger partial charge is 0.195 e. The van der Waals surface area contributed by atoms with E-state index in [1.165, 1.54) is 0 Å². The van der Waals surface area contributed by atoms with Crippen LogP contribution in [0.25, 0.3) is 0 Å². The summed E-state index contributed by atoms with van der Waals surface area (Å²) in [6.07, 6.45) is -11.1. The second-order valence-corrected chi connectivity index (χ2v) is 7.67. The summed E-state index contributed by atoms with van der Waals surface area (Å²) in [5.41, 5.74) is -4.53. The molecule has 0 spiro atoms. The van der Waals surface area contributed by atoms with Crippen LogP contribution in [0.2, 0.25) is 0 Å². The van der Waals surface area contributed by atoms with E-state index >= 15 is 0 Å². The Labute approximate surface area is 137 Å². The van der Waals surface area contributed by atoms with Crippen LogP contribution < -0.4 is 0 Å². The fourth-order valence-electron chi connectivity index (χ4n) is 3.67. The maximum Gasteiger partial charge on any atom is 0.454 e. The third-order valence-corrected chi connectivity index (χ3v) is 6.10. The Morgan fingerprint density at radius 3 is 1.58 bits per heavy atom. The van der Waals surface area contributed by atoms with Gasteiger partial charge in [-0.2, -0.15) is 35.1 Å². The molecule has 0 aromatic carbocycles. The highest BCUT2D eigenvalue weighted by molar-refractivity contribution is 5.04. The first-order chi connectivity index (χ1) is 10.5. The van der Waals surface area contributed by atoms with Crippen molar-refractivity contribution in [2.24, 2.45) is 22.7 Å². The maximum absolute atomic E-state index is 13.9. The number of alkyl halides is 8. The SMILES string of the molecule is CCC(C)(C)C1CCCC(C(C)(C(F)(F)F)C(F)(F)C(F)(F)F)C1. The molecule has 24 heavy (non-hydrogen) atoms. The van der Waals surface area contributed by atoms with Gasteiger partial charge in [-0.3, -0.25) is 0 Å². The molecule has 144 valence electrons. The third kappa shape index (κ3) is 3.39. The Balaban J connectivity index is 3.33. The molecule has 1 aliphatic rings. The molecule has 3 unspecified atom stereocenters. The van der Waals surface area contributed by atoms with Crippen LogP contribution in [0.3, 0.4) is 0 Å². The molecule has 1 aliphatic carbocycles. The predicted octanol–water partition coefficient (Wildman–Crippen LogP) is 7.00. The highest BCUT2D eigenvalue weighted by atomic mass is 19.4. The molecule has 1 saturated carbocycles. The lowest BCUT2D eigenvalue weighted by Gasteiger charge is -2.49. The van der Waals surface area contributed by atoms with E-state index in [-0.39, 0.29) is 32.1 Å². The molecule has 0 aromatic rings. The molecule has 1 fully saturated rings. The van der Waals surface area contributed by atoms with Crippen molar-refractivity contribution in [2.75, 3.05) is 0 Å². The zero-order valence-electron chi connectivity index (χ0n) is 14.2. The van der Waals surface area contributed by atoms with E-state index in [1.54, 1.807) is 0 Å². The average molecular weight is 368 g/mol. The third-order valence-electron chi connectivity index (χ3n) is 6.10. The van der Waals surface area contributed by atoms with Gasteiger partial charge in [0.2, 0.25) is 0 Å². The van der Waals surface area contributed by atoms with Crippen LogP contribution in [0, 0.1) is 22.7 Å². The lowest BCUT2D eigenvalue weighted by Crippen LogP contribution is -2.61. The van der Waals surface area contributed by atoms with E-state index in [0.29, 0.717) is 12.8 Å². The molecule has 0 nitrogen and oxygen atoms in total. The van der Waals surface area contributed by atoms with Gasteiger partial charge in [0.25, 0.3) is 0 Å². The van der Waals surface area contributed by atoms with E-state index in [9.17, 15) is 35.1 Å². The number of halogens is 8. The molecular formula is C16H24F8. The first-order valence-electron chi connectivity index (χ1n) is 8.03. The van der Waals surface area contributed by atoms with Crippen molar-refractivity contribution in [3.63, 3.8) is 0 Å². The van der Waals surface area contributed by atoms with Gasteiger partial charge in [-0.15, -0.1) is 0 Å². The van der Waals surface area contributed by atoms with Crippen LogP contribution in [0.1, 0.15) is 59.8 Å². The van der Waals surface area contributed by atoms with Crippen molar-refractivity contribution >= 4 is 0 Å². The standard InChI is InChI=1S/C16H24F8/c1-5-12(2,3)10-7-6-8-11(9-10)13(4,15(19,20)21)14(17,18)16(22,23)24/h10-11H,5-9H2,1-4H3. The quantitative estimate of drug-likeness (QED) is 0.469. The predicted molar refractivity (Wildman–Crippen MR) is 74.7 cm³/mol. The second kappa shape index (κ2) is 6.31. The van der Waals surface area contributed by atoms with Gasteiger partial charge in [0.05, 0.1) is 0 Å². The lowest BCUT2D eigenvalue weighted by molar-refractivity contribution is -0.394. The van der Waals surface area contributed by atoms with Crippen molar-refractivity contribution in [1.82, 2.24) is 0 Å². The van der Waals surface area contributed by atoms with E-state index in [1.807, 2.05) is 20.8 Å². The number of hydrogen-bond acceptors (Lipinski definition) is 0. The highest BCUT2D eigenvalue weighted by Crippen LogP contribution is 2.63. The molecule has 1 rings (SSSR count). The molecule has 0 saturated heterocycles. The van der Waals surface area contributed by atoms with Gasteiger partial charge < -0.3 is 0 Å². The monoisotopic (exact) mass is 368 g/mol. The summed E-state index contributed by atoms with van der Waals surface area (Å²) in [6, 6.07) is 0. The van der Waals surface area contributed by atoms with Crippen molar-refractivity contribution < 1.29 is 35.1 Å². The summed E-state index contributed by atoms with van der Waals surface area (Å²) < 4.78 is 106. The Hall–Kier alpha value is -0.560. The Morgan fingerprint density at radius 2 is 1.21 bits per heavy atom. The molecule has 0 bridgehead atoms. The van der Waals surface area contributed by atoms with Crippen molar-refractivity contribution in [2.45, 2.75) is 78.1 Å². The van der Waals surface area contributed by atoms with Gasteiger partial charge >= 0.3 is 18.3 Å². The van der Waals surface area contributed by atoms with Gasteiger partial charge in [-0.1, -0.05) is 33.6 Å². The van der Waals surface area contributed by atoms with Crippen LogP contribution in [0.5, 0.6) is 0 Å². The molecule has 0 heterocycles. The Morgan fingerprint density at radius 1 is 0.750 bits per heavy atom. The Bertz CT molecular complexity index is 434. The van der Waals surface area contributed by atoms with Crippen LogP contribution in [0.15, 0.2) is 0 Å². The van der Waals surface area contributed by atoms with Crippen molar-refractivity contribution in [3.05, 3.63) is 0 Å². The lowest BCUT2D eigenvalue weighted by atomic mass is 9.59. The average Bonchev–Trinajstić information content (AvgIpc) is 2.43. The van der Waals surface area contributed by atoms with Gasteiger partial charge in [-0.05, 0) is 43.4 Å². The van der Waals surface area contributed by atoms with Crippen LogP contribution >= 0.6 is 0 Å². The summed E-state index contributed by atoms with van der Waals surface area (Å²) in [7, 11) is 0. The minimum atomic E-state index is -6.25. The van der Waals surface area contributed by atoms with Crippen molar-refractivity contribution in [3.8, 4) is 0 Å². The van der Waals surface area contributed by atoms with Gasteiger partial charge in [0.15, 0.2) is 0 Å². The highest BCUT2D eigenvalue weighted by Gasteiger charge is 2.79. The van der Waals surface area contributed by atoms with E-state index < -0.39 is 35.0 Å². The van der Waals surface area contributed by atoms with Gasteiger partial charge in [0.1, 0.15) is 5.41 Å². The number of hydrogen-bond donors (Lipinski definition) is 0. The van der Waals surface area contributed by atoms with Crippen LogP contribution in [0.4, 0.5) is 35.1 Å². The number of rotatable bonds is 4. The minimum absolute atomic E-state index is 0.0342. The van der Waals surface area contributed by atoms with E-state index in [2.05, 4.69) is 0 Å². The molecule has 0 aromatic heterocycles. The largest absolute Gasteiger partial charge is 0.454 e.